The SMILES string of the molecule is CCNC(=O)CN1CC2CCC(C1)N2CCCC(Oc1ccc(OC)c(OC)c1)c1ccc(C#N)cc1. The Balaban J connectivity index is 1.39. The van der Waals surface area contributed by atoms with E-state index in [1.165, 1.54) is 12.8 Å². The number of carbonyl (C=O) groups is 1. The van der Waals surface area contributed by atoms with E-state index in [-0.39, 0.29) is 12.0 Å². The first kappa shape index (κ1) is 26.8. The minimum absolute atomic E-state index is 0.118. The first-order valence-corrected chi connectivity index (χ1v) is 13.2. The minimum atomic E-state index is -0.150. The van der Waals surface area contributed by atoms with Crippen LogP contribution < -0.4 is 19.5 Å². The van der Waals surface area contributed by atoms with Crippen molar-refractivity contribution in [1.82, 2.24) is 15.1 Å². The molecule has 2 aromatic carbocycles. The largest absolute Gasteiger partial charge is 0.493 e. The smallest absolute Gasteiger partial charge is 0.234 e. The van der Waals surface area contributed by atoms with Gasteiger partial charge in [-0.2, -0.15) is 5.26 Å². The number of nitriles is 1. The zero-order chi connectivity index (χ0) is 26.2. The molecule has 37 heavy (non-hydrogen) atoms. The lowest BCUT2D eigenvalue weighted by atomic mass is 10.0. The number of nitrogens with zero attached hydrogens (tertiary/aromatic N) is 3. The molecule has 8 nitrogen and oxygen atoms in total. The third kappa shape index (κ3) is 6.73. The van der Waals surface area contributed by atoms with Gasteiger partial charge in [-0.15, -0.1) is 0 Å². The van der Waals surface area contributed by atoms with Gasteiger partial charge in [-0.3, -0.25) is 14.6 Å². The quantitative estimate of drug-likeness (QED) is 0.469. The van der Waals surface area contributed by atoms with Crippen LogP contribution in [0.4, 0.5) is 0 Å². The van der Waals surface area contributed by atoms with E-state index in [2.05, 4.69) is 21.2 Å². The molecule has 0 radical (unpaired) electrons. The summed E-state index contributed by atoms with van der Waals surface area (Å²) in [7, 11) is 3.23. The maximum Gasteiger partial charge on any atom is 0.234 e. The van der Waals surface area contributed by atoms with Gasteiger partial charge in [0.15, 0.2) is 11.5 Å². The van der Waals surface area contributed by atoms with Crippen LogP contribution in [-0.4, -0.2) is 74.7 Å². The van der Waals surface area contributed by atoms with Crippen molar-refractivity contribution in [2.24, 2.45) is 0 Å². The second-order valence-electron chi connectivity index (χ2n) is 9.77. The maximum absolute atomic E-state index is 12.1. The van der Waals surface area contributed by atoms with Gasteiger partial charge in [-0.05, 0) is 69.0 Å². The predicted octanol–water partition coefficient (Wildman–Crippen LogP) is 3.76. The third-order valence-electron chi connectivity index (χ3n) is 7.38. The molecule has 4 rings (SSSR count). The van der Waals surface area contributed by atoms with E-state index in [1.54, 1.807) is 14.2 Å². The molecular formula is C29H38N4O4. The second kappa shape index (κ2) is 12.8. The summed E-state index contributed by atoms with van der Waals surface area (Å²) >= 11 is 0. The molecule has 1 N–H and O–H groups in total. The van der Waals surface area contributed by atoms with Gasteiger partial charge >= 0.3 is 0 Å². The number of fused-ring (bicyclic) bond motifs is 2. The zero-order valence-electron chi connectivity index (χ0n) is 22.1. The highest BCUT2D eigenvalue weighted by molar-refractivity contribution is 5.77. The van der Waals surface area contributed by atoms with Gasteiger partial charge in [-0.1, -0.05) is 12.1 Å². The van der Waals surface area contributed by atoms with Crippen molar-refractivity contribution in [2.45, 2.75) is 50.8 Å². The van der Waals surface area contributed by atoms with Crippen LogP contribution in [0.15, 0.2) is 42.5 Å². The van der Waals surface area contributed by atoms with Crippen molar-refractivity contribution in [2.75, 3.05) is 46.9 Å². The summed E-state index contributed by atoms with van der Waals surface area (Å²) in [5.41, 5.74) is 1.68. The van der Waals surface area contributed by atoms with E-state index in [1.807, 2.05) is 49.4 Å². The number of likely N-dealkylation sites (tertiary alicyclic amines) is 1. The molecule has 2 heterocycles. The molecule has 8 heteroatoms. The lowest BCUT2D eigenvalue weighted by Gasteiger charge is -2.41. The summed E-state index contributed by atoms with van der Waals surface area (Å²) in [6, 6.07) is 16.4. The van der Waals surface area contributed by atoms with Crippen molar-refractivity contribution in [3.05, 3.63) is 53.6 Å². The summed E-state index contributed by atoms with van der Waals surface area (Å²) in [6.07, 6.45) is 4.07. The van der Waals surface area contributed by atoms with Crippen molar-refractivity contribution >= 4 is 5.91 Å². The molecule has 0 aliphatic carbocycles. The maximum atomic E-state index is 12.1. The van der Waals surface area contributed by atoms with Gasteiger partial charge < -0.3 is 19.5 Å². The molecule has 0 aromatic heterocycles. The number of hydrogen-bond donors (Lipinski definition) is 1. The molecule has 3 unspecified atom stereocenters. The number of rotatable bonds is 12. The normalized spacial score (nSPS) is 20.2. The second-order valence-corrected chi connectivity index (χ2v) is 9.77. The number of nitrogens with one attached hydrogen (secondary N) is 1. The third-order valence-corrected chi connectivity index (χ3v) is 7.38. The topological polar surface area (TPSA) is 87.1 Å². The average molecular weight is 507 g/mol. The first-order chi connectivity index (χ1) is 18.0. The van der Waals surface area contributed by atoms with Crippen LogP contribution >= 0.6 is 0 Å². The minimum Gasteiger partial charge on any atom is -0.493 e. The van der Waals surface area contributed by atoms with Crippen LogP contribution in [0.5, 0.6) is 17.2 Å². The number of likely N-dealkylation sites (N-methyl/N-ethyl adjacent to an activating group) is 1. The highest BCUT2D eigenvalue weighted by Crippen LogP contribution is 2.35. The molecule has 2 aromatic rings. The fraction of sp³-hybridized carbons (Fsp3) is 0.517. The molecule has 2 aliphatic heterocycles. The Morgan fingerprint density at radius 3 is 2.41 bits per heavy atom. The molecule has 2 saturated heterocycles. The van der Waals surface area contributed by atoms with Crippen LogP contribution in [0.3, 0.4) is 0 Å². The molecule has 2 bridgehead atoms. The van der Waals surface area contributed by atoms with Crippen molar-refractivity contribution in [3.8, 4) is 23.3 Å². The van der Waals surface area contributed by atoms with Gasteiger partial charge in [0, 0.05) is 37.8 Å². The summed E-state index contributed by atoms with van der Waals surface area (Å²) in [5, 5.41) is 12.1. The highest BCUT2D eigenvalue weighted by atomic mass is 16.5. The number of ether oxygens (including phenoxy) is 3. The molecule has 2 aliphatic rings. The van der Waals surface area contributed by atoms with Gasteiger partial charge in [-0.25, -0.2) is 0 Å². The van der Waals surface area contributed by atoms with Crippen LogP contribution in [-0.2, 0) is 4.79 Å². The van der Waals surface area contributed by atoms with Gasteiger partial charge in [0.05, 0.1) is 32.4 Å². The van der Waals surface area contributed by atoms with Crippen LogP contribution in [0.25, 0.3) is 0 Å². The standard InChI is InChI=1S/C29H38N4O4/c1-4-31-29(34)20-32-18-23-11-12-24(19-32)33(23)15-5-6-26(22-9-7-21(17-30)8-10-22)37-25-13-14-27(35-2)28(16-25)36-3/h7-10,13-14,16,23-24,26H,4-6,11-12,15,18-20H2,1-3H3,(H,31,34). The van der Waals surface area contributed by atoms with Crippen molar-refractivity contribution in [1.29, 1.82) is 5.26 Å². The van der Waals surface area contributed by atoms with Crippen LogP contribution in [0.2, 0.25) is 0 Å². The van der Waals surface area contributed by atoms with E-state index in [9.17, 15) is 10.1 Å². The van der Waals surface area contributed by atoms with E-state index in [0.717, 1.165) is 38.0 Å². The van der Waals surface area contributed by atoms with Crippen LogP contribution in [0, 0.1) is 11.3 Å². The first-order valence-electron chi connectivity index (χ1n) is 13.2. The molecule has 1 amide bonds. The Morgan fingerprint density at radius 1 is 1.08 bits per heavy atom. The Hall–Kier alpha value is -3.28. The number of hydrogen-bond acceptors (Lipinski definition) is 7. The molecule has 198 valence electrons. The average Bonchev–Trinajstić information content (AvgIpc) is 3.15. The molecular weight excluding hydrogens is 468 g/mol. The summed E-state index contributed by atoms with van der Waals surface area (Å²) in [4.78, 5) is 17.0. The molecule has 2 fully saturated rings. The fourth-order valence-electron chi connectivity index (χ4n) is 5.61. The van der Waals surface area contributed by atoms with Crippen molar-refractivity contribution in [3.63, 3.8) is 0 Å². The molecule has 3 atom stereocenters. The lowest BCUT2D eigenvalue weighted by molar-refractivity contribution is -0.123. The number of methoxy groups -OCH3 is 2. The predicted molar refractivity (Wildman–Crippen MR) is 142 cm³/mol. The number of amides is 1. The van der Waals surface area contributed by atoms with Gasteiger partial charge in [0.25, 0.3) is 0 Å². The Kier molecular flexibility index (Phi) is 9.26. The lowest BCUT2D eigenvalue weighted by Crippen LogP contribution is -2.55. The van der Waals surface area contributed by atoms with Gasteiger partial charge in [0.1, 0.15) is 11.9 Å². The summed E-state index contributed by atoms with van der Waals surface area (Å²) in [5.74, 6) is 2.12. The summed E-state index contributed by atoms with van der Waals surface area (Å²) in [6.45, 7) is 6.04. The Bertz CT molecular complexity index is 1070. The Labute approximate surface area is 220 Å². The summed E-state index contributed by atoms with van der Waals surface area (Å²) < 4.78 is 17.3. The fourth-order valence-corrected chi connectivity index (χ4v) is 5.61. The number of piperazine rings is 1. The van der Waals surface area contributed by atoms with Crippen LogP contribution in [0.1, 0.15) is 49.8 Å². The monoisotopic (exact) mass is 506 g/mol. The van der Waals surface area contributed by atoms with E-state index < -0.39 is 0 Å². The van der Waals surface area contributed by atoms with Crippen molar-refractivity contribution < 1.29 is 19.0 Å². The van der Waals surface area contributed by atoms with Gasteiger partial charge in [0.2, 0.25) is 5.91 Å². The highest BCUT2D eigenvalue weighted by Gasteiger charge is 2.39. The van der Waals surface area contributed by atoms with E-state index in [4.69, 9.17) is 14.2 Å². The van der Waals surface area contributed by atoms with E-state index in [0.29, 0.717) is 48.0 Å². The van der Waals surface area contributed by atoms with E-state index >= 15 is 0 Å². The Morgan fingerprint density at radius 2 is 1.78 bits per heavy atom. The zero-order valence-corrected chi connectivity index (χ0v) is 22.1. The molecule has 0 saturated carbocycles. The molecule has 0 spiro atoms. The number of carbonyl (C=O) groups excluding carboxylic acids is 1. The number of benzene rings is 2.